The molecule has 1 aliphatic heterocycles. The Kier molecular flexibility index (Phi) is 2.64. The first-order valence-electron chi connectivity index (χ1n) is 7.11. The number of hydrogen-bond acceptors (Lipinski definition) is 4. The number of esters is 1. The molecule has 0 bridgehead atoms. The molecule has 0 aromatic heterocycles. The first-order valence-corrected chi connectivity index (χ1v) is 7.11. The highest BCUT2D eigenvalue weighted by molar-refractivity contribution is 5.75. The van der Waals surface area contributed by atoms with E-state index in [-0.39, 0.29) is 17.8 Å². The van der Waals surface area contributed by atoms with Crippen molar-refractivity contribution in [2.24, 2.45) is 17.3 Å². The first-order chi connectivity index (χ1) is 8.82. The van der Waals surface area contributed by atoms with Crippen molar-refractivity contribution in [3.05, 3.63) is 12.2 Å². The van der Waals surface area contributed by atoms with Gasteiger partial charge in [0, 0.05) is 11.3 Å². The van der Waals surface area contributed by atoms with Crippen LogP contribution in [0.4, 0.5) is 0 Å². The highest BCUT2D eigenvalue weighted by Crippen LogP contribution is 2.59. The lowest BCUT2D eigenvalue weighted by Crippen LogP contribution is -2.67. The molecule has 2 saturated carbocycles. The summed E-state index contributed by atoms with van der Waals surface area (Å²) in [5.74, 6) is -0.642. The number of fused-ring (bicyclic) bond motifs is 3. The molecular formula is C15H22O4. The standard InChI is InChI=1S/C15H22O4/c1-8-5-4-6-14(3)11(16)7-10-9(2)13(17)19-12(10)15(8,14)18/h9-12,16,18H,1,4-7H2,2-3H3/t9-,10-,11-,12-,14+,15+/m0/s1. The lowest BCUT2D eigenvalue weighted by Gasteiger charge is -2.58. The van der Waals surface area contributed by atoms with Gasteiger partial charge >= 0.3 is 5.97 Å². The van der Waals surface area contributed by atoms with Crippen molar-refractivity contribution in [1.29, 1.82) is 0 Å². The minimum atomic E-state index is -1.28. The molecule has 106 valence electrons. The van der Waals surface area contributed by atoms with Crippen LogP contribution in [0.5, 0.6) is 0 Å². The Morgan fingerprint density at radius 3 is 2.84 bits per heavy atom. The molecule has 2 aliphatic carbocycles. The highest BCUT2D eigenvalue weighted by Gasteiger charge is 2.68. The number of aliphatic hydroxyl groups is 2. The second-order valence-corrected chi connectivity index (χ2v) is 6.70. The molecule has 0 spiro atoms. The fraction of sp³-hybridized carbons (Fsp3) is 0.800. The van der Waals surface area contributed by atoms with Gasteiger partial charge in [0.05, 0.1) is 12.0 Å². The van der Waals surface area contributed by atoms with Crippen LogP contribution in [-0.2, 0) is 9.53 Å². The summed E-state index contributed by atoms with van der Waals surface area (Å²) in [6, 6.07) is 0. The van der Waals surface area contributed by atoms with Gasteiger partial charge in [-0.05, 0) is 31.3 Å². The van der Waals surface area contributed by atoms with Gasteiger partial charge in [0.15, 0.2) is 0 Å². The zero-order valence-corrected chi connectivity index (χ0v) is 11.6. The van der Waals surface area contributed by atoms with Crippen molar-refractivity contribution in [3.63, 3.8) is 0 Å². The quantitative estimate of drug-likeness (QED) is 0.514. The first kappa shape index (κ1) is 13.1. The normalized spacial score (nSPS) is 53.5. The number of ether oxygens (including phenoxy) is 1. The van der Waals surface area contributed by atoms with E-state index in [9.17, 15) is 15.0 Å². The highest BCUT2D eigenvalue weighted by atomic mass is 16.6. The van der Waals surface area contributed by atoms with Crippen molar-refractivity contribution in [1.82, 2.24) is 0 Å². The SMILES string of the molecule is C=C1CCC[C@]2(C)[C@@H](O)C[C@H]3[C@H](C)C(=O)O[C@@H]3[C@]12O. The molecule has 0 aromatic rings. The summed E-state index contributed by atoms with van der Waals surface area (Å²) in [5, 5.41) is 21.8. The topological polar surface area (TPSA) is 66.8 Å². The minimum absolute atomic E-state index is 0.115. The van der Waals surface area contributed by atoms with Crippen LogP contribution >= 0.6 is 0 Å². The monoisotopic (exact) mass is 266 g/mol. The fourth-order valence-corrected chi connectivity index (χ4v) is 4.40. The maximum Gasteiger partial charge on any atom is 0.309 e. The summed E-state index contributed by atoms with van der Waals surface area (Å²) in [7, 11) is 0. The predicted octanol–water partition coefficient (Wildman–Crippen LogP) is 1.41. The van der Waals surface area contributed by atoms with E-state index in [1.165, 1.54) is 0 Å². The number of carbonyl (C=O) groups is 1. The zero-order chi connectivity index (χ0) is 14.0. The molecular weight excluding hydrogens is 244 g/mol. The Bertz CT molecular complexity index is 445. The molecule has 4 heteroatoms. The molecule has 0 aromatic carbocycles. The summed E-state index contributed by atoms with van der Waals surface area (Å²) < 4.78 is 5.47. The van der Waals surface area contributed by atoms with Crippen LogP contribution in [0.1, 0.15) is 39.5 Å². The molecule has 0 unspecified atom stereocenters. The molecule has 0 amide bonds. The Morgan fingerprint density at radius 1 is 1.47 bits per heavy atom. The molecule has 6 atom stereocenters. The predicted molar refractivity (Wildman–Crippen MR) is 69.2 cm³/mol. The van der Waals surface area contributed by atoms with E-state index < -0.39 is 23.2 Å². The third-order valence-electron chi connectivity index (χ3n) is 5.87. The summed E-state index contributed by atoms with van der Waals surface area (Å²) in [4.78, 5) is 11.8. The van der Waals surface area contributed by atoms with Gasteiger partial charge in [0.1, 0.15) is 11.7 Å². The lowest BCUT2D eigenvalue weighted by atomic mass is 9.51. The van der Waals surface area contributed by atoms with Crippen LogP contribution in [0.15, 0.2) is 12.2 Å². The zero-order valence-electron chi connectivity index (χ0n) is 11.6. The minimum Gasteiger partial charge on any atom is -0.458 e. The van der Waals surface area contributed by atoms with Crippen molar-refractivity contribution >= 4 is 5.97 Å². The smallest absolute Gasteiger partial charge is 0.309 e. The lowest BCUT2D eigenvalue weighted by molar-refractivity contribution is -0.222. The third-order valence-corrected chi connectivity index (χ3v) is 5.87. The number of aliphatic hydroxyl groups excluding tert-OH is 1. The fourth-order valence-electron chi connectivity index (χ4n) is 4.40. The molecule has 1 saturated heterocycles. The van der Waals surface area contributed by atoms with E-state index in [1.807, 2.05) is 13.8 Å². The van der Waals surface area contributed by atoms with Gasteiger partial charge in [-0.1, -0.05) is 20.4 Å². The van der Waals surface area contributed by atoms with Gasteiger partial charge < -0.3 is 14.9 Å². The van der Waals surface area contributed by atoms with Crippen LogP contribution < -0.4 is 0 Å². The maximum absolute atomic E-state index is 11.8. The molecule has 4 nitrogen and oxygen atoms in total. The number of rotatable bonds is 0. The molecule has 3 aliphatic rings. The molecule has 3 rings (SSSR count). The molecule has 1 heterocycles. The van der Waals surface area contributed by atoms with Gasteiger partial charge in [-0.2, -0.15) is 0 Å². The van der Waals surface area contributed by atoms with Gasteiger partial charge in [0.2, 0.25) is 0 Å². The third kappa shape index (κ3) is 1.39. The van der Waals surface area contributed by atoms with Crippen molar-refractivity contribution < 1.29 is 19.7 Å². The van der Waals surface area contributed by atoms with Crippen LogP contribution in [0.3, 0.4) is 0 Å². The van der Waals surface area contributed by atoms with Crippen molar-refractivity contribution in [2.45, 2.75) is 57.3 Å². The van der Waals surface area contributed by atoms with E-state index in [1.54, 1.807) is 0 Å². The number of hydrogen-bond donors (Lipinski definition) is 2. The molecule has 3 fully saturated rings. The number of carbonyl (C=O) groups excluding carboxylic acids is 1. The summed E-state index contributed by atoms with van der Waals surface area (Å²) >= 11 is 0. The second-order valence-electron chi connectivity index (χ2n) is 6.70. The summed E-state index contributed by atoms with van der Waals surface area (Å²) in [6.07, 6.45) is 1.73. The van der Waals surface area contributed by atoms with E-state index in [0.29, 0.717) is 12.0 Å². The van der Waals surface area contributed by atoms with Crippen LogP contribution in [0, 0.1) is 17.3 Å². The maximum atomic E-state index is 11.8. The summed E-state index contributed by atoms with van der Waals surface area (Å²) in [5.41, 5.74) is -1.24. The van der Waals surface area contributed by atoms with Crippen molar-refractivity contribution in [3.8, 4) is 0 Å². The Balaban J connectivity index is 2.10. The Morgan fingerprint density at radius 2 is 2.16 bits per heavy atom. The van der Waals surface area contributed by atoms with Gasteiger partial charge in [-0.3, -0.25) is 4.79 Å². The van der Waals surface area contributed by atoms with Crippen LogP contribution in [0.25, 0.3) is 0 Å². The molecule has 0 radical (unpaired) electrons. The molecule has 19 heavy (non-hydrogen) atoms. The largest absolute Gasteiger partial charge is 0.458 e. The van der Waals surface area contributed by atoms with Gasteiger partial charge in [-0.25, -0.2) is 0 Å². The van der Waals surface area contributed by atoms with E-state index in [0.717, 1.165) is 19.3 Å². The van der Waals surface area contributed by atoms with Crippen LogP contribution in [0.2, 0.25) is 0 Å². The van der Waals surface area contributed by atoms with Gasteiger partial charge in [-0.15, -0.1) is 0 Å². The van der Waals surface area contributed by atoms with Crippen LogP contribution in [-0.4, -0.2) is 34.0 Å². The second kappa shape index (κ2) is 3.83. The Labute approximate surface area is 113 Å². The van der Waals surface area contributed by atoms with Gasteiger partial charge in [0.25, 0.3) is 0 Å². The average Bonchev–Trinajstić information content (AvgIpc) is 2.63. The molecule has 2 N–H and O–H groups in total. The summed E-state index contributed by atoms with van der Waals surface area (Å²) in [6.45, 7) is 7.72. The van der Waals surface area contributed by atoms with E-state index in [2.05, 4.69) is 6.58 Å². The van der Waals surface area contributed by atoms with E-state index in [4.69, 9.17) is 4.74 Å². The van der Waals surface area contributed by atoms with E-state index >= 15 is 0 Å². The van der Waals surface area contributed by atoms with Crippen molar-refractivity contribution in [2.75, 3.05) is 0 Å². The Hall–Kier alpha value is -0.870. The average molecular weight is 266 g/mol.